The predicted molar refractivity (Wildman–Crippen MR) is 62.8 cm³/mol. The highest BCUT2D eigenvalue weighted by Gasteiger charge is 2.01. The molecule has 1 atom stereocenters. The van der Waals surface area contributed by atoms with Crippen molar-refractivity contribution in [3.05, 3.63) is 12.2 Å². The molecule has 0 aromatic heterocycles. The number of carboxylic acids is 1. The molecule has 0 saturated heterocycles. The molecule has 0 radical (unpaired) electrons. The van der Waals surface area contributed by atoms with Crippen molar-refractivity contribution >= 4 is 5.97 Å². The minimum Gasteiger partial charge on any atom is -0.478 e. The van der Waals surface area contributed by atoms with E-state index < -0.39 is 5.97 Å². The van der Waals surface area contributed by atoms with Gasteiger partial charge < -0.3 is 10.2 Å². The van der Waals surface area contributed by atoms with Crippen molar-refractivity contribution in [2.75, 3.05) is 6.61 Å². The standard InChI is InChI=1S/C8H18O.C4H6O2/c1-3-5-6-8(4-2)7-9;1-3(2)4(5)6/h8-9H,3-7H2,1-2H3;1H2,2H3,(H,5,6). The lowest BCUT2D eigenvalue weighted by molar-refractivity contribution is -0.132. The molecular formula is C12H24O3. The van der Waals surface area contributed by atoms with Crippen LogP contribution in [-0.4, -0.2) is 22.8 Å². The van der Waals surface area contributed by atoms with Crippen LogP contribution in [-0.2, 0) is 4.79 Å². The van der Waals surface area contributed by atoms with Crippen molar-refractivity contribution < 1.29 is 15.0 Å². The lowest BCUT2D eigenvalue weighted by Gasteiger charge is -2.08. The van der Waals surface area contributed by atoms with Gasteiger partial charge in [0.25, 0.3) is 0 Å². The first-order valence-electron chi connectivity index (χ1n) is 5.49. The van der Waals surface area contributed by atoms with E-state index in [1.807, 2.05) is 0 Å². The average molecular weight is 216 g/mol. The number of unbranched alkanes of at least 4 members (excludes halogenated alkanes) is 1. The fraction of sp³-hybridized carbons (Fsp3) is 0.750. The first-order chi connectivity index (χ1) is 6.99. The number of hydrogen-bond acceptors (Lipinski definition) is 2. The fourth-order valence-electron chi connectivity index (χ4n) is 0.917. The zero-order chi connectivity index (χ0) is 12.3. The minimum absolute atomic E-state index is 0.176. The molecule has 0 spiro atoms. The van der Waals surface area contributed by atoms with E-state index in [0.717, 1.165) is 6.42 Å². The van der Waals surface area contributed by atoms with Gasteiger partial charge in [0.1, 0.15) is 0 Å². The van der Waals surface area contributed by atoms with Crippen LogP contribution in [0.4, 0.5) is 0 Å². The third-order valence-corrected chi connectivity index (χ3v) is 2.17. The Morgan fingerprint density at radius 2 is 1.87 bits per heavy atom. The summed E-state index contributed by atoms with van der Waals surface area (Å²) in [6, 6.07) is 0. The van der Waals surface area contributed by atoms with E-state index in [0.29, 0.717) is 12.5 Å². The molecule has 0 heterocycles. The second-order valence-electron chi connectivity index (χ2n) is 3.68. The van der Waals surface area contributed by atoms with Gasteiger partial charge in [0.05, 0.1) is 0 Å². The zero-order valence-electron chi connectivity index (χ0n) is 10.1. The van der Waals surface area contributed by atoms with Gasteiger partial charge in [-0.05, 0) is 19.3 Å². The van der Waals surface area contributed by atoms with E-state index in [2.05, 4.69) is 20.4 Å². The van der Waals surface area contributed by atoms with Crippen LogP contribution >= 0.6 is 0 Å². The molecule has 0 amide bonds. The van der Waals surface area contributed by atoms with Crippen molar-refractivity contribution in [1.82, 2.24) is 0 Å². The maximum Gasteiger partial charge on any atom is 0.330 e. The molecule has 0 aliphatic heterocycles. The summed E-state index contributed by atoms with van der Waals surface area (Å²) >= 11 is 0. The van der Waals surface area contributed by atoms with Gasteiger partial charge in [-0.15, -0.1) is 0 Å². The monoisotopic (exact) mass is 216 g/mol. The van der Waals surface area contributed by atoms with Gasteiger partial charge >= 0.3 is 5.97 Å². The summed E-state index contributed by atoms with van der Waals surface area (Å²) < 4.78 is 0. The number of aliphatic hydroxyl groups is 1. The van der Waals surface area contributed by atoms with Crippen molar-refractivity contribution in [2.24, 2.45) is 5.92 Å². The highest BCUT2D eigenvalue weighted by atomic mass is 16.4. The summed E-state index contributed by atoms with van der Waals surface area (Å²) in [7, 11) is 0. The first kappa shape index (κ1) is 16.6. The van der Waals surface area contributed by atoms with Crippen LogP contribution in [0.5, 0.6) is 0 Å². The molecule has 0 bridgehead atoms. The SMILES string of the molecule is C=C(C)C(=O)O.CCCCC(CC)CO. The molecule has 0 rings (SSSR count). The van der Waals surface area contributed by atoms with E-state index in [9.17, 15) is 4.79 Å². The summed E-state index contributed by atoms with van der Waals surface area (Å²) in [5.41, 5.74) is 0.176. The molecule has 0 fully saturated rings. The topological polar surface area (TPSA) is 57.5 Å². The Balaban J connectivity index is 0. The van der Waals surface area contributed by atoms with Gasteiger partial charge in [0, 0.05) is 12.2 Å². The van der Waals surface area contributed by atoms with E-state index in [-0.39, 0.29) is 5.57 Å². The largest absolute Gasteiger partial charge is 0.478 e. The van der Waals surface area contributed by atoms with Crippen LogP contribution in [0.3, 0.4) is 0 Å². The molecule has 3 nitrogen and oxygen atoms in total. The number of carboxylic acid groups (broad SMARTS) is 1. The smallest absolute Gasteiger partial charge is 0.330 e. The summed E-state index contributed by atoms with van der Waals surface area (Å²) in [5.74, 6) is -0.375. The van der Waals surface area contributed by atoms with Crippen molar-refractivity contribution in [3.63, 3.8) is 0 Å². The summed E-state index contributed by atoms with van der Waals surface area (Å²) in [6.07, 6.45) is 4.83. The Morgan fingerprint density at radius 1 is 1.40 bits per heavy atom. The van der Waals surface area contributed by atoms with E-state index in [1.165, 1.54) is 26.2 Å². The molecule has 90 valence electrons. The van der Waals surface area contributed by atoms with Crippen LogP contribution in [0, 0.1) is 5.92 Å². The second kappa shape index (κ2) is 11.2. The van der Waals surface area contributed by atoms with Crippen molar-refractivity contribution in [2.45, 2.75) is 46.5 Å². The number of hydrogen-bond donors (Lipinski definition) is 2. The lowest BCUT2D eigenvalue weighted by Crippen LogP contribution is -2.03. The molecule has 15 heavy (non-hydrogen) atoms. The van der Waals surface area contributed by atoms with Crippen LogP contribution < -0.4 is 0 Å². The van der Waals surface area contributed by atoms with E-state index in [4.69, 9.17) is 10.2 Å². The molecule has 3 heteroatoms. The molecule has 2 N–H and O–H groups in total. The highest BCUT2D eigenvalue weighted by Crippen LogP contribution is 2.10. The molecule has 0 aliphatic rings. The average Bonchev–Trinajstić information content (AvgIpc) is 2.20. The summed E-state index contributed by atoms with van der Waals surface area (Å²) in [5, 5.41) is 16.6. The molecule has 0 aromatic carbocycles. The van der Waals surface area contributed by atoms with Gasteiger partial charge in [0.15, 0.2) is 0 Å². The minimum atomic E-state index is -0.935. The Morgan fingerprint density at radius 3 is 2.07 bits per heavy atom. The number of aliphatic carboxylic acids is 1. The van der Waals surface area contributed by atoms with Gasteiger partial charge in [-0.1, -0.05) is 39.7 Å². The van der Waals surface area contributed by atoms with Gasteiger partial charge in [-0.25, -0.2) is 4.79 Å². The summed E-state index contributed by atoms with van der Waals surface area (Å²) in [6.45, 7) is 9.29. The fourth-order valence-corrected chi connectivity index (χ4v) is 0.917. The van der Waals surface area contributed by atoms with E-state index in [1.54, 1.807) is 0 Å². The Labute approximate surface area is 92.8 Å². The summed E-state index contributed by atoms with van der Waals surface area (Å²) in [4.78, 5) is 9.60. The number of rotatable bonds is 6. The predicted octanol–water partition coefficient (Wildman–Crippen LogP) is 2.84. The second-order valence-corrected chi connectivity index (χ2v) is 3.68. The quantitative estimate of drug-likeness (QED) is 0.671. The van der Waals surface area contributed by atoms with Crippen molar-refractivity contribution in [3.8, 4) is 0 Å². The third-order valence-electron chi connectivity index (χ3n) is 2.17. The van der Waals surface area contributed by atoms with Crippen LogP contribution in [0.1, 0.15) is 46.5 Å². The maximum absolute atomic E-state index is 9.60. The van der Waals surface area contributed by atoms with Crippen LogP contribution in [0.2, 0.25) is 0 Å². The third kappa shape index (κ3) is 13.2. The molecular weight excluding hydrogens is 192 g/mol. The van der Waals surface area contributed by atoms with E-state index >= 15 is 0 Å². The molecule has 1 unspecified atom stereocenters. The molecule has 0 saturated carbocycles. The lowest BCUT2D eigenvalue weighted by atomic mass is 10.0. The Kier molecular flexibility index (Phi) is 12.4. The normalized spacial score (nSPS) is 11.2. The van der Waals surface area contributed by atoms with Crippen molar-refractivity contribution in [1.29, 1.82) is 0 Å². The molecule has 0 aliphatic carbocycles. The first-order valence-corrected chi connectivity index (χ1v) is 5.49. The highest BCUT2D eigenvalue weighted by molar-refractivity contribution is 5.84. The number of aliphatic hydroxyl groups excluding tert-OH is 1. The Bertz CT molecular complexity index is 160. The van der Waals surface area contributed by atoms with Gasteiger partial charge in [-0.2, -0.15) is 0 Å². The van der Waals surface area contributed by atoms with Gasteiger partial charge in [0.2, 0.25) is 0 Å². The number of carbonyl (C=O) groups is 1. The van der Waals surface area contributed by atoms with Crippen LogP contribution in [0.15, 0.2) is 12.2 Å². The zero-order valence-corrected chi connectivity index (χ0v) is 10.1. The maximum atomic E-state index is 9.60. The van der Waals surface area contributed by atoms with Crippen LogP contribution in [0.25, 0.3) is 0 Å². The van der Waals surface area contributed by atoms with Gasteiger partial charge in [-0.3, -0.25) is 0 Å². The Hall–Kier alpha value is -0.830. The molecule has 0 aromatic rings.